The number of piperazine rings is 1. The average Bonchev–Trinajstić information content (AvgIpc) is 2.88. The third kappa shape index (κ3) is 6.93. The van der Waals surface area contributed by atoms with Crippen molar-refractivity contribution in [2.75, 3.05) is 76.3 Å². The third-order valence-electron chi connectivity index (χ3n) is 7.38. The number of rotatable bonds is 11. The van der Waals surface area contributed by atoms with Crippen LogP contribution >= 0.6 is 0 Å². The molecule has 1 N–H and O–H groups in total. The van der Waals surface area contributed by atoms with E-state index in [1.54, 1.807) is 0 Å². The Kier molecular flexibility index (Phi) is 9.35. The van der Waals surface area contributed by atoms with Gasteiger partial charge in [-0.1, -0.05) is 6.92 Å². The molecule has 1 fully saturated rings. The summed E-state index contributed by atoms with van der Waals surface area (Å²) in [5.41, 5.74) is 4.88. The standard InChI is InChI=1S/C28H44N6O/c1-5-33(22(2)3)19-21-35-20-14-29-28-25-8-6-7-9-26(25)30-27(31-28)23-10-12-24(13-11-23)34-17-15-32(4)16-18-34/h10-13,22H,5-9,14-21H2,1-4H3,(H,29,30,31). The molecular formula is C28H44N6O. The molecule has 0 unspecified atom stereocenters. The van der Waals surface area contributed by atoms with E-state index in [4.69, 9.17) is 14.7 Å². The maximum Gasteiger partial charge on any atom is 0.161 e. The number of nitrogens with zero attached hydrogens (tertiary/aromatic N) is 5. The predicted octanol–water partition coefficient (Wildman–Crippen LogP) is 3.93. The summed E-state index contributed by atoms with van der Waals surface area (Å²) in [4.78, 5) is 17.3. The van der Waals surface area contributed by atoms with Crippen LogP contribution in [0.4, 0.5) is 11.5 Å². The zero-order valence-corrected chi connectivity index (χ0v) is 22.2. The van der Waals surface area contributed by atoms with Crippen molar-refractivity contribution in [3.05, 3.63) is 35.5 Å². The number of nitrogens with one attached hydrogen (secondary N) is 1. The summed E-state index contributed by atoms with van der Waals surface area (Å²) in [6.45, 7) is 15.3. The lowest BCUT2D eigenvalue weighted by Gasteiger charge is -2.34. The Labute approximate surface area is 211 Å². The second-order valence-electron chi connectivity index (χ2n) is 10.1. The van der Waals surface area contributed by atoms with Gasteiger partial charge in [-0.15, -0.1) is 0 Å². The molecule has 1 aliphatic carbocycles. The van der Waals surface area contributed by atoms with Crippen LogP contribution in [0, 0.1) is 0 Å². The van der Waals surface area contributed by atoms with Crippen LogP contribution in [-0.4, -0.2) is 91.9 Å². The SMILES string of the molecule is CCN(CCOCCNc1nc(-c2ccc(N3CCN(C)CC3)cc2)nc2c1CCCC2)C(C)C. The summed E-state index contributed by atoms with van der Waals surface area (Å²) in [6.07, 6.45) is 4.51. The minimum Gasteiger partial charge on any atom is -0.378 e. The molecule has 35 heavy (non-hydrogen) atoms. The van der Waals surface area contributed by atoms with Crippen molar-refractivity contribution in [1.82, 2.24) is 19.8 Å². The molecule has 1 aliphatic heterocycles. The van der Waals surface area contributed by atoms with E-state index in [9.17, 15) is 0 Å². The van der Waals surface area contributed by atoms with Gasteiger partial charge >= 0.3 is 0 Å². The van der Waals surface area contributed by atoms with Gasteiger partial charge in [0.25, 0.3) is 0 Å². The fourth-order valence-corrected chi connectivity index (χ4v) is 5.06. The molecule has 2 aliphatic rings. The van der Waals surface area contributed by atoms with E-state index < -0.39 is 0 Å². The third-order valence-corrected chi connectivity index (χ3v) is 7.38. The van der Waals surface area contributed by atoms with Gasteiger partial charge in [-0.2, -0.15) is 0 Å². The first-order chi connectivity index (χ1) is 17.0. The first kappa shape index (κ1) is 25.9. The summed E-state index contributed by atoms with van der Waals surface area (Å²) in [7, 11) is 2.19. The summed E-state index contributed by atoms with van der Waals surface area (Å²) in [5, 5.41) is 3.57. The lowest BCUT2D eigenvalue weighted by molar-refractivity contribution is 0.101. The Balaban J connectivity index is 1.38. The van der Waals surface area contributed by atoms with E-state index in [0.717, 1.165) is 82.5 Å². The highest BCUT2D eigenvalue weighted by atomic mass is 16.5. The van der Waals surface area contributed by atoms with E-state index in [-0.39, 0.29) is 0 Å². The van der Waals surface area contributed by atoms with Crippen LogP contribution in [0.5, 0.6) is 0 Å². The first-order valence-electron chi connectivity index (χ1n) is 13.5. The first-order valence-corrected chi connectivity index (χ1v) is 13.5. The topological polar surface area (TPSA) is 56.8 Å². The Morgan fingerprint density at radius 1 is 1.00 bits per heavy atom. The molecule has 2 heterocycles. The largest absolute Gasteiger partial charge is 0.378 e. The Hall–Kier alpha value is -2.22. The van der Waals surface area contributed by atoms with Gasteiger partial charge < -0.3 is 19.9 Å². The van der Waals surface area contributed by atoms with Gasteiger partial charge in [0.2, 0.25) is 0 Å². The van der Waals surface area contributed by atoms with Crippen LogP contribution in [0.1, 0.15) is 44.9 Å². The van der Waals surface area contributed by atoms with Crippen molar-refractivity contribution in [3.63, 3.8) is 0 Å². The van der Waals surface area contributed by atoms with Gasteiger partial charge in [-0.25, -0.2) is 9.97 Å². The monoisotopic (exact) mass is 480 g/mol. The highest BCUT2D eigenvalue weighted by molar-refractivity contribution is 5.63. The Morgan fingerprint density at radius 3 is 2.46 bits per heavy atom. The van der Waals surface area contributed by atoms with E-state index in [2.05, 4.69) is 72.1 Å². The van der Waals surface area contributed by atoms with Gasteiger partial charge in [-0.05, 0) is 77.4 Å². The van der Waals surface area contributed by atoms with Gasteiger partial charge in [0.15, 0.2) is 5.82 Å². The minimum absolute atomic E-state index is 0.559. The fraction of sp³-hybridized carbons (Fsp3) is 0.643. The van der Waals surface area contributed by atoms with Crippen molar-refractivity contribution in [1.29, 1.82) is 0 Å². The van der Waals surface area contributed by atoms with Crippen molar-refractivity contribution in [2.24, 2.45) is 0 Å². The quantitative estimate of drug-likeness (QED) is 0.489. The number of likely N-dealkylation sites (N-methyl/N-ethyl adjacent to an activating group) is 2. The van der Waals surface area contributed by atoms with Gasteiger partial charge in [0, 0.05) is 67.8 Å². The van der Waals surface area contributed by atoms with E-state index in [1.165, 1.54) is 29.8 Å². The summed E-state index contributed by atoms with van der Waals surface area (Å²) in [6, 6.07) is 9.37. The second kappa shape index (κ2) is 12.7. The number of hydrogen-bond acceptors (Lipinski definition) is 7. The number of ether oxygens (including phenoxy) is 1. The van der Waals surface area contributed by atoms with Crippen LogP contribution in [0.15, 0.2) is 24.3 Å². The molecule has 0 amide bonds. The fourth-order valence-electron chi connectivity index (χ4n) is 5.06. The highest BCUT2D eigenvalue weighted by Crippen LogP contribution is 2.29. The van der Waals surface area contributed by atoms with Crippen molar-refractivity contribution >= 4 is 11.5 Å². The molecule has 0 bridgehead atoms. The predicted molar refractivity (Wildman–Crippen MR) is 146 cm³/mol. The summed E-state index contributed by atoms with van der Waals surface area (Å²) < 4.78 is 5.92. The number of aromatic nitrogens is 2. The smallest absolute Gasteiger partial charge is 0.161 e. The molecule has 0 spiro atoms. The molecule has 192 valence electrons. The molecule has 0 atom stereocenters. The molecule has 1 aromatic heterocycles. The van der Waals surface area contributed by atoms with Crippen LogP contribution in [-0.2, 0) is 17.6 Å². The molecule has 1 saturated heterocycles. The second-order valence-corrected chi connectivity index (χ2v) is 10.1. The van der Waals surface area contributed by atoms with Gasteiger partial charge in [0.05, 0.1) is 13.2 Å². The average molecular weight is 481 g/mol. The lowest BCUT2D eigenvalue weighted by Crippen LogP contribution is -2.44. The van der Waals surface area contributed by atoms with E-state index in [0.29, 0.717) is 12.6 Å². The number of benzene rings is 1. The van der Waals surface area contributed by atoms with Crippen molar-refractivity contribution in [3.8, 4) is 11.4 Å². The Bertz CT molecular complexity index is 924. The molecule has 0 saturated carbocycles. The summed E-state index contributed by atoms with van der Waals surface area (Å²) in [5.74, 6) is 1.82. The zero-order valence-electron chi connectivity index (χ0n) is 22.2. The van der Waals surface area contributed by atoms with Crippen LogP contribution in [0.2, 0.25) is 0 Å². The van der Waals surface area contributed by atoms with Crippen molar-refractivity contribution < 1.29 is 4.74 Å². The van der Waals surface area contributed by atoms with Crippen LogP contribution in [0.25, 0.3) is 11.4 Å². The number of fused-ring (bicyclic) bond motifs is 1. The molecular weight excluding hydrogens is 436 g/mol. The minimum atomic E-state index is 0.559. The molecule has 7 heteroatoms. The lowest BCUT2D eigenvalue weighted by atomic mass is 9.96. The molecule has 2 aromatic rings. The van der Waals surface area contributed by atoms with Crippen LogP contribution in [0.3, 0.4) is 0 Å². The number of anilines is 2. The molecule has 7 nitrogen and oxygen atoms in total. The molecule has 4 rings (SSSR count). The van der Waals surface area contributed by atoms with Crippen molar-refractivity contribution in [2.45, 2.75) is 52.5 Å². The normalized spacial score (nSPS) is 16.7. The Morgan fingerprint density at radius 2 is 1.74 bits per heavy atom. The highest BCUT2D eigenvalue weighted by Gasteiger charge is 2.19. The van der Waals surface area contributed by atoms with Crippen LogP contribution < -0.4 is 10.2 Å². The molecule has 1 aromatic carbocycles. The number of hydrogen-bond donors (Lipinski definition) is 1. The summed E-state index contributed by atoms with van der Waals surface area (Å²) >= 11 is 0. The zero-order chi connectivity index (χ0) is 24.6. The maximum absolute atomic E-state index is 5.92. The van der Waals surface area contributed by atoms with E-state index in [1.807, 2.05) is 0 Å². The van der Waals surface area contributed by atoms with Gasteiger partial charge in [0.1, 0.15) is 5.82 Å². The number of aryl methyl sites for hydroxylation is 1. The maximum atomic E-state index is 5.92. The van der Waals surface area contributed by atoms with Gasteiger partial charge in [-0.3, -0.25) is 4.90 Å². The molecule has 0 radical (unpaired) electrons. The van der Waals surface area contributed by atoms with E-state index >= 15 is 0 Å².